The molecule has 124 valence electrons. The van der Waals surface area contributed by atoms with Crippen LogP contribution in [-0.2, 0) is 0 Å². The van der Waals surface area contributed by atoms with Crippen molar-refractivity contribution < 1.29 is 4.74 Å². The minimum absolute atomic E-state index is 0.516. The third-order valence-corrected chi connectivity index (χ3v) is 4.40. The summed E-state index contributed by atoms with van der Waals surface area (Å²) < 4.78 is 7.70. The van der Waals surface area contributed by atoms with Crippen LogP contribution in [0.5, 0.6) is 5.88 Å². The zero-order valence-corrected chi connectivity index (χ0v) is 13.5. The van der Waals surface area contributed by atoms with Crippen molar-refractivity contribution in [1.82, 2.24) is 29.5 Å². The van der Waals surface area contributed by atoms with Crippen molar-refractivity contribution in [2.24, 2.45) is 5.92 Å². The van der Waals surface area contributed by atoms with Gasteiger partial charge in [0.05, 0.1) is 12.8 Å². The maximum Gasteiger partial charge on any atom is 0.232 e. The van der Waals surface area contributed by atoms with Gasteiger partial charge >= 0.3 is 0 Å². The van der Waals surface area contributed by atoms with Crippen molar-refractivity contribution in [3.8, 4) is 5.88 Å². The summed E-state index contributed by atoms with van der Waals surface area (Å²) in [6.07, 6.45) is 10.7. The van der Waals surface area contributed by atoms with E-state index in [9.17, 15) is 0 Å². The Morgan fingerprint density at radius 3 is 2.79 bits per heavy atom. The normalized spacial score (nSPS) is 15.8. The zero-order valence-electron chi connectivity index (χ0n) is 13.5. The smallest absolute Gasteiger partial charge is 0.232 e. The second kappa shape index (κ2) is 6.38. The van der Waals surface area contributed by atoms with E-state index in [0.29, 0.717) is 18.4 Å². The van der Waals surface area contributed by atoms with E-state index < -0.39 is 0 Å². The van der Waals surface area contributed by atoms with E-state index in [2.05, 4.69) is 30.0 Å². The molecule has 8 heteroatoms. The molecule has 24 heavy (non-hydrogen) atoms. The van der Waals surface area contributed by atoms with Gasteiger partial charge in [-0.1, -0.05) is 0 Å². The lowest BCUT2D eigenvalue weighted by Gasteiger charge is -2.32. The lowest BCUT2D eigenvalue weighted by Crippen LogP contribution is -2.36. The van der Waals surface area contributed by atoms with E-state index in [1.54, 1.807) is 18.6 Å². The molecule has 3 aromatic heterocycles. The number of ether oxygens (including phenoxy) is 1. The molecule has 0 atom stereocenters. The summed E-state index contributed by atoms with van der Waals surface area (Å²) in [6.45, 7) is 4.49. The van der Waals surface area contributed by atoms with E-state index in [1.807, 2.05) is 23.7 Å². The van der Waals surface area contributed by atoms with Crippen molar-refractivity contribution in [2.45, 2.75) is 19.8 Å². The zero-order chi connectivity index (χ0) is 16.4. The lowest BCUT2D eigenvalue weighted by molar-refractivity contribution is 0.215. The summed E-state index contributed by atoms with van der Waals surface area (Å²) in [5, 5.41) is 8.40. The van der Waals surface area contributed by atoms with Gasteiger partial charge in [0.1, 0.15) is 5.82 Å². The molecule has 0 bridgehead atoms. The Labute approximate surface area is 139 Å². The van der Waals surface area contributed by atoms with Crippen LogP contribution in [-0.4, -0.2) is 49.2 Å². The number of fused-ring (bicyclic) bond motifs is 1. The summed E-state index contributed by atoms with van der Waals surface area (Å²) in [4.78, 5) is 14.9. The number of aromatic nitrogens is 6. The summed E-state index contributed by atoms with van der Waals surface area (Å²) in [7, 11) is 0. The van der Waals surface area contributed by atoms with Crippen molar-refractivity contribution in [3.05, 3.63) is 36.8 Å². The van der Waals surface area contributed by atoms with Gasteiger partial charge in [0, 0.05) is 37.9 Å². The number of aryl methyl sites for hydroxylation is 1. The molecule has 3 aromatic rings. The maximum atomic E-state index is 5.73. The highest BCUT2D eigenvalue weighted by atomic mass is 16.5. The van der Waals surface area contributed by atoms with Crippen molar-refractivity contribution in [1.29, 1.82) is 0 Å². The van der Waals surface area contributed by atoms with E-state index in [-0.39, 0.29) is 0 Å². The maximum absolute atomic E-state index is 5.73. The highest BCUT2D eigenvalue weighted by molar-refractivity contribution is 5.63. The summed E-state index contributed by atoms with van der Waals surface area (Å²) >= 11 is 0. The highest BCUT2D eigenvalue weighted by Gasteiger charge is 2.23. The molecule has 4 rings (SSSR count). The van der Waals surface area contributed by atoms with Crippen molar-refractivity contribution in [3.63, 3.8) is 0 Å². The lowest BCUT2D eigenvalue weighted by atomic mass is 9.98. The van der Waals surface area contributed by atoms with Crippen LogP contribution in [0.2, 0.25) is 0 Å². The quantitative estimate of drug-likeness (QED) is 0.719. The predicted molar refractivity (Wildman–Crippen MR) is 88.0 cm³/mol. The Morgan fingerprint density at radius 2 is 2.00 bits per heavy atom. The van der Waals surface area contributed by atoms with Crippen LogP contribution >= 0.6 is 0 Å². The first-order valence-corrected chi connectivity index (χ1v) is 8.11. The van der Waals surface area contributed by atoms with Crippen LogP contribution in [0.1, 0.15) is 18.7 Å². The van der Waals surface area contributed by atoms with Crippen LogP contribution in [0.3, 0.4) is 0 Å². The Morgan fingerprint density at radius 1 is 1.12 bits per heavy atom. The van der Waals surface area contributed by atoms with Crippen LogP contribution in [0, 0.1) is 12.8 Å². The van der Waals surface area contributed by atoms with Gasteiger partial charge in [-0.05, 0) is 25.7 Å². The number of anilines is 1. The average molecular weight is 325 g/mol. The predicted octanol–water partition coefficient (Wildman–Crippen LogP) is 1.52. The van der Waals surface area contributed by atoms with Crippen LogP contribution < -0.4 is 9.64 Å². The Balaban J connectivity index is 1.39. The molecule has 0 amide bonds. The molecular formula is C16H19N7O. The molecule has 0 N–H and O–H groups in total. The second-order valence-electron chi connectivity index (χ2n) is 5.98. The molecule has 8 nitrogen and oxygen atoms in total. The number of piperidine rings is 1. The fourth-order valence-corrected chi connectivity index (χ4v) is 3.03. The molecule has 1 aliphatic heterocycles. The monoisotopic (exact) mass is 325 g/mol. The molecular weight excluding hydrogens is 306 g/mol. The van der Waals surface area contributed by atoms with Gasteiger partial charge < -0.3 is 9.64 Å². The molecule has 0 spiro atoms. The van der Waals surface area contributed by atoms with Crippen molar-refractivity contribution >= 4 is 11.5 Å². The third kappa shape index (κ3) is 2.86. The first-order chi connectivity index (χ1) is 11.8. The Bertz CT molecular complexity index is 812. The van der Waals surface area contributed by atoms with E-state index >= 15 is 0 Å². The molecule has 1 fully saturated rings. The first-order valence-electron chi connectivity index (χ1n) is 8.11. The third-order valence-electron chi connectivity index (χ3n) is 4.40. The van der Waals surface area contributed by atoms with Crippen LogP contribution in [0.15, 0.2) is 31.0 Å². The molecule has 0 aliphatic carbocycles. The molecule has 4 heterocycles. The molecule has 0 saturated carbocycles. The summed E-state index contributed by atoms with van der Waals surface area (Å²) in [5.74, 6) is 2.89. The molecule has 0 unspecified atom stereocenters. The molecule has 0 aromatic carbocycles. The summed E-state index contributed by atoms with van der Waals surface area (Å²) in [5.41, 5.74) is 0.823. The fraction of sp³-hybridized carbons (Fsp3) is 0.438. The SMILES string of the molecule is Cc1nnc2c(N3CCC(COc4cnccn4)CC3)nccn12. The van der Waals surface area contributed by atoms with E-state index in [4.69, 9.17) is 4.74 Å². The number of rotatable bonds is 4. The molecule has 1 aliphatic rings. The van der Waals surface area contributed by atoms with Gasteiger partial charge in [0.2, 0.25) is 11.5 Å². The number of nitrogens with zero attached hydrogens (tertiary/aromatic N) is 7. The van der Waals surface area contributed by atoms with Gasteiger partial charge in [-0.15, -0.1) is 10.2 Å². The second-order valence-corrected chi connectivity index (χ2v) is 5.98. The number of hydrogen-bond donors (Lipinski definition) is 0. The Kier molecular flexibility index (Phi) is 3.94. The van der Waals surface area contributed by atoms with E-state index in [1.165, 1.54) is 0 Å². The minimum atomic E-state index is 0.516. The fourth-order valence-electron chi connectivity index (χ4n) is 3.03. The van der Waals surface area contributed by atoms with Crippen molar-refractivity contribution in [2.75, 3.05) is 24.6 Å². The molecule has 1 saturated heterocycles. The minimum Gasteiger partial charge on any atom is -0.476 e. The average Bonchev–Trinajstić information content (AvgIpc) is 3.03. The molecule has 0 radical (unpaired) electrons. The van der Waals surface area contributed by atoms with Crippen LogP contribution in [0.25, 0.3) is 5.65 Å². The largest absolute Gasteiger partial charge is 0.476 e. The topological polar surface area (TPSA) is 81.3 Å². The van der Waals surface area contributed by atoms with E-state index in [0.717, 1.165) is 43.2 Å². The van der Waals surface area contributed by atoms with Gasteiger partial charge in [0.15, 0.2) is 5.82 Å². The highest BCUT2D eigenvalue weighted by Crippen LogP contribution is 2.25. The van der Waals surface area contributed by atoms with Crippen LogP contribution in [0.4, 0.5) is 5.82 Å². The summed E-state index contributed by atoms with van der Waals surface area (Å²) in [6, 6.07) is 0. The number of hydrogen-bond acceptors (Lipinski definition) is 7. The van der Waals surface area contributed by atoms with Gasteiger partial charge in [-0.2, -0.15) is 0 Å². The first kappa shape index (κ1) is 14.8. The Hall–Kier alpha value is -2.77. The van der Waals surface area contributed by atoms with Gasteiger partial charge in [-0.3, -0.25) is 9.38 Å². The standard InChI is InChI=1S/C16H19N7O/c1-12-20-21-16-15(19-6-9-23(12)16)22-7-2-13(3-8-22)11-24-14-10-17-4-5-18-14/h4-6,9-10,13H,2-3,7-8,11H2,1H3. The van der Waals surface area contributed by atoms with Gasteiger partial charge in [0.25, 0.3) is 0 Å². The van der Waals surface area contributed by atoms with Gasteiger partial charge in [-0.25, -0.2) is 9.97 Å².